The Morgan fingerprint density at radius 2 is 2.21 bits per heavy atom. The molecule has 132 valence electrons. The molecule has 0 radical (unpaired) electrons. The molecular formula is C18H28N4O2. The van der Waals surface area contributed by atoms with Crippen LogP contribution in [0, 0.1) is 17.3 Å². The first-order chi connectivity index (χ1) is 11.4. The molecule has 1 N–H and O–H groups in total. The van der Waals surface area contributed by atoms with Gasteiger partial charge in [0, 0.05) is 68.7 Å². The number of aryl methyl sites for hydroxylation is 1. The molecule has 2 saturated heterocycles. The molecule has 1 amide bonds. The number of nitrogens with zero attached hydrogens (tertiary/aromatic N) is 3. The van der Waals surface area contributed by atoms with E-state index in [0.29, 0.717) is 30.4 Å². The molecule has 0 aromatic carbocycles. The Balaban J connectivity index is 1.46. The summed E-state index contributed by atoms with van der Waals surface area (Å²) in [4.78, 5) is 14.1. The average molecular weight is 332 g/mol. The van der Waals surface area contributed by atoms with Gasteiger partial charge in [0.05, 0.1) is 18.3 Å². The lowest BCUT2D eigenvalue weighted by molar-refractivity contribution is -0.127. The summed E-state index contributed by atoms with van der Waals surface area (Å²) in [5.41, 5.74) is 1.31. The van der Waals surface area contributed by atoms with E-state index in [4.69, 9.17) is 4.74 Å². The van der Waals surface area contributed by atoms with Gasteiger partial charge in [0.15, 0.2) is 0 Å². The number of amides is 1. The summed E-state index contributed by atoms with van der Waals surface area (Å²) in [6.07, 6.45) is 6.08. The van der Waals surface area contributed by atoms with E-state index < -0.39 is 0 Å². The third-order valence-corrected chi connectivity index (χ3v) is 6.46. The van der Waals surface area contributed by atoms with Crippen molar-refractivity contribution in [2.75, 3.05) is 20.2 Å². The van der Waals surface area contributed by atoms with E-state index >= 15 is 0 Å². The Morgan fingerprint density at radius 3 is 2.92 bits per heavy atom. The molecule has 0 spiro atoms. The van der Waals surface area contributed by atoms with Gasteiger partial charge in [0.25, 0.3) is 0 Å². The van der Waals surface area contributed by atoms with E-state index in [9.17, 15) is 4.79 Å². The summed E-state index contributed by atoms with van der Waals surface area (Å²) in [5.74, 6) is 1.15. The molecule has 0 bridgehead atoms. The quantitative estimate of drug-likeness (QED) is 0.904. The van der Waals surface area contributed by atoms with Crippen LogP contribution in [0.25, 0.3) is 0 Å². The molecule has 1 aromatic heterocycles. The number of carbonyl (C=O) groups is 1. The van der Waals surface area contributed by atoms with Gasteiger partial charge in [0.2, 0.25) is 5.91 Å². The van der Waals surface area contributed by atoms with E-state index in [1.807, 2.05) is 36.1 Å². The lowest BCUT2D eigenvalue weighted by Gasteiger charge is -2.55. The summed E-state index contributed by atoms with van der Waals surface area (Å²) >= 11 is 0. The van der Waals surface area contributed by atoms with Gasteiger partial charge in [-0.15, -0.1) is 0 Å². The van der Waals surface area contributed by atoms with Crippen LogP contribution in [0.1, 0.15) is 38.3 Å². The molecule has 5 atom stereocenters. The first kappa shape index (κ1) is 16.1. The number of carbonyl (C=O) groups excluding carboxylic acids is 1. The minimum Gasteiger partial charge on any atom is -0.377 e. The molecule has 3 fully saturated rings. The number of hydrogen-bond donors (Lipinski definition) is 1. The largest absolute Gasteiger partial charge is 0.377 e. The highest BCUT2D eigenvalue weighted by atomic mass is 16.5. The molecule has 1 aromatic rings. The van der Waals surface area contributed by atoms with Gasteiger partial charge in [0.1, 0.15) is 0 Å². The summed E-state index contributed by atoms with van der Waals surface area (Å²) in [5, 5.41) is 8.07. The maximum absolute atomic E-state index is 12.3. The third kappa shape index (κ3) is 2.30. The number of likely N-dealkylation sites (tertiary alicyclic amines) is 1. The third-order valence-electron chi connectivity index (χ3n) is 6.46. The van der Waals surface area contributed by atoms with Gasteiger partial charge in [-0.1, -0.05) is 13.8 Å². The van der Waals surface area contributed by atoms with E-state index in [2.05, 4.69) is 24.3 Å². The Morgan fingerprint density at radius 1 is 1.42 bits per heavy atom. The van der Waals surface area contributed by atoms with Crippen molar-refractivity contribution in [2.45, 2.75) is 44.9 Å². The Kier molecular flexibility index (Phi) is 3.73. The van der Waals surface area contributed by atoms with Crippen LogP contribution in [0.3, 0.4) is 0 Å². The molecular weight excluding hydrogens is 304 g/mol. The maximum Gasteiger partial charge on any atom is 0.223 e. The van der Waals surface area contributed by atoms with Crippen molar-refractivity contribution in [1.29, 1.82) is 0 Å². The molecule has 6 nitrogen and oxygen atoms in total. The highest BCUT2D eigenvalue weighted by Gasteiger charge is 2.59. The molecule has 0 unspecified atom stereocenters. The zero-order valence-electron chi connectivity index (χ0n) is 15.0. The van der Waals surface area contributed by atoms with Crippen molar-refractivity contribution >= 4 is 5.91 Å². The smallest absolute Gasteiger partial charge is 0.223 e. The first-order valence-electron chi connectivity index (χ1n) is 8.99. The lowest BCUT2D eigenvalue weighted by Crippen LogP contribution is -2.66. The van der Waals surface area contributed by atoms with Crippen molar-refractivity contribution in [3.8, 4) is 0 Å². The van der Waals surface area contributed by atoms with Crippen molar-refractivity contribution in [3.63, 3.8) is 0 Å². The second-order valence-corrected chi connectivity index (χ2v) is 8.31. The number of fused-ring (bicyclic) bond motifs is 1. The van der Waals surface area contributed by atoms with Crippen LogP contribution >= 0.6 is 0 Å². The van der Waals surface area contributed by atoms with E-state index in [1.165, 1.54) is 0 Å². The van der Waals surface area contributed by atoms with Crippen molar-refractivity contribution < 1.29 is 9.53 Å². The number of aromatic nitrogens is 2. The van der Waals surface area contributed by atoms with E-state index in [1.54, 1.807) is 0 Å². The molecule has 1 saturated carbocycles. The number of rotatable bonds is 4. The zero-order valence-corrected chi connectivity index (χ0v) is 15.0. The SMILES string of the molecule is CN1C(=O)C[C@@H](CN[C@@H]2[C@H]3CCO[C@H]3C2(C)C)[C@@H]1c1cnn(C)c1. The minimum atomic E-state index is 0.123. The van der Waals surface area contributed by atoms with E-state index in [-0.39, 0.29) is 17.4 Å². The lowest BCUT2D eigenvalue weighted by atomic mass is 9.57. The van der Waals surface area contributed by atoms with Crippen LogP contribution in [0.2, 0.25) is 0 Å². The van der Waals surface area contributed by atoms with Crippen LogP contribution in [0.5, 0.6) is 0 Å². The molecule has 3 aliphatic rings. The summed E-state index contributed by atoms with van der Waals surface area (Å²) in [7, 11) is 3.83. The van der Waals surface area contributed by atoms with Gasteiger partial charge in [-0.05, 0) is 6.42 Å². The van der Waals surface area contributed by atoms with Crippen LogP contribution < -0.4 is 5.32 Å². The van der Waals surface area contributed by atoms with Crippen molar-refractivity contribution in [1.82, 2.24) is 20.0 Å². The Bertz CT molecular complexity index is 641. The molecule has 1 aliphatic carbocycles. The van der Waals surface area contributed by atoms with Gasteiger partial charge in [-0.25, -0.2) is 0 Å². The maximum atomic E-state index is 12.3. The fourth-order valence-corrected chi connectivity index (χ4v) is 5.24. The van der Waals surface area contributed by atoms with Crippen molar-refractivity contribution in [2.24, 2.45) is 24.3 Å². The van der Waals surface area contributed by atoms with Gasteiger partial charge in [-0.3, -0.25) is 9.48 Å². The molecule has 4 rings (SSSR count). The van der Waals surface area contributed by atoms with Gasteiger partial charge >= 0.3 is 0 Å². The minimum absolute atomic E-state index is 0.123. The van der Waals surface area contributed by atoms with Crippen LogP contribution in [-0.2, 0) is 16.6 Å². The zero-order chi connectivity index (χ0) is 17.1. The molecule has 2 aliphatic heterocycles. The van der Waals surface area contributed by atoms with Crippen LogP contribution in [0.4, 0.5) is 0 Å². The molecule has 3 heterocycles. The first-order valence-corrected chi connectivity index (χ1v) is 8.99. The number of ether oxygens (including phenoxy) is 1. The second kappa shape index (κ2) is 5.56. The van der Waals surface area contributed by atoms with Gasteiger partial charge < -0.3 is 15.0 Å². The predicted octanol–water partition coefficient (Wildman–Crippen LogP) is 1.34. The normalized spacial score (nSPS) is 37.6. The Labute approximate surface area is 143 Å². The fraction of sp³-hybridized carbons (Fsp3) is 0.778. The van der Waals surface area contributed by atoms with Gasteiger partial charge in [-0.2, -0.15) is 5.10 Å². The fourth-order valence-electron chi connectivity index (χ4n) is 5.24. The highest BCUT2D eigenvalue weighted by molar-refractivity contribution is 5.79. The standard InChI is InChI=1S/C18H28N4O2/c1-18(2)16(13-5-6-24-17(13)18)19-8-11-7-14(23)22(4)15(11)12-9-20-21(3)10-12/h9-11,13,15-17,19H,5-8H2,1-4H3/t11-,13+,15+,16+,17+/m0/s1. The molecule has 24 heavy (non-hydrogen) atoms. The summed E-state index contributed by atoms with van der Waals surface area (Å²) in [6.45, 7) is 6.34. The monoisotopic (exact) mass is 332 g/mol. The summed E-state index contributed by atoms with van der Waals surface area (Å²) < 4.78 is 7.69. The van der Waals surface area contributed by atoms with E-state index in [0.717, 1.165) is 25.1 Å². The van der Waals surface area contributed by atoms with Crippen LogP contribution in [0.15, 0.2) is 12.4 Å². The van der Waals surface area contributed by atoms with Crippen molar-refractivity contribution in [3.05, 3.63) is 18.0 Å². The van der Waals surface area contributed by atoms with Crippen LogP contribution in [-0.4, -0.2) is 52.9 Å². The predicted molar refractivity (Wildman–Crippen MR) is 90.2 cm³/mol. The highest BCUT2D eigenvalue weighted by Crippen LogP contribution is 2.52. The topological polar surface area (TPSA) is 59.4 Å². The number of nitrogens with one attached hydrogen (secondary N) is 1. The average Bonchev–Trinajstić information content (AvgIpc) is 3.20. The second-order valence-electron chi connectivity index (χ2n) is 8.31. The summed E-state index contributed by atoms with van der Waals surface area (Å²) in [6, 6.07) is 0.609. The number of hydrogen-bond acceptors (Lipinski definition) is 4. The molecule has 6 heteroatoms. The Hall–Kier alpha value is -1.40.